The maximum Gasteiger partial charge on any atom is 0.573 e. The monoisotopic (exact) mass is 870 g/mol. The number of amides is 4. The number of alkyl carbamates (subject to hydrolysis) is 1. The van der Waals surface area contributed by atoms with Gasteiger partial charge in [-0.1, -0.05) is 56.6 Å². The van der Waals surface area contributed by atoms with Gasteiger partial charge in [0.05, 0.1) is 41.3 Å². The molecule has 2 aromatic carbocycles. The molecule has 320 valence electrons. The number of carbonyl (C=O) groups excluding carboxylic acids is 4. The van der Waals surface area contributed by atoms with E-state index in [4.69, 9.17) is 11.6 Å². The Balaban J connectivity index is 1.16. The Hall–Kier alpha value is -5.49. The Morgan fingerprint density at radius 2 is 1.70 bits per heavy atom. The number of benzene rings is 2. The van der Waals surface area contributed by atoms with Gasteiger partial charge in [0, 0.05) is 60.7 Å². The summed E-state index contributed by atoms with van der Waals surface area (Å²) < 4.78 is 50.2. The minimum absolute atomic E-state index is 0.0271. The van der Waals surface area contributed by atoms with Gasteiger partial charge in [-0.3, -0.25) is 14.4 Å². The molecule has 0 unspecified atom stereocenters. The van der Waals surface area contributed by atoms with E-state index in [9.17, 15) is 32.3 Å². The fraction of sp³-hybridized carbons (Fsp3) is 0.415. The number of ether oxygens (including phenoxy) is 2. The maximum atomic E-state index is 13.7. The number of carbonyl (C=O) groups is 4. The highest BCUT2D eigenvalue weighted by Crippen LogP contribution is 2.41. The van der Waals surface area contributed by atoms with Gasteiger partial charge in [0.2, 0.25) is 11.8 Å². The lowest BCUT2D eigenvalue weighted by atomic mass is 9.94. The van der Waals surface area contributed by atoms with Gasteiger partial charge in [0.25, 0.3) is 5.91 Å². The number of methoxy groups -OCH3 is 1. The molecule has 0 radical (unpaired) electrons. The molecule has 3 atom stereocenters. The summed E-state index contributed by atoms with van der Waals surface area (Å²) in [7, 11) is 1.21. The molecule has 2 aliphatic rings. The Morgan fingerprint density at radius 1 is 0.983 bits per heavy atom. The van der Waals surface area contributed by atoms with Gasteiger partial charge in [0.15, 0.2) is 0 Å². The number of anilines is 2. The van der Waals surface area contributed by atoms with Crippen LogP contribution in [0.3, 0.4) is 0 Å². The normalized spacial score (nSPS) is 18.3. The predicted octanol–water partition coefficient (Wildman–Crippen LogP) is 7.39. The topological polar surface area (TPSA) is 162 Å². The van der Waals surface area contributed by atoms with E-state index < -0.39 is 29.5 Å². The summed E-state index contributed by atoms with van der Waals surface area (Å²) in [4.78, 5) is 68.5. The van der Waals surface area contributed by atoms with Crippen LogP contribution in [0.4, 0.5) is 29.5 Å². The number of hydrogen-bond donors (Lipinski definition) is 3. The van der Waals surface area contributed by atoms with Crippen LogP contribution in [0.2, 0.25) is 5.02 Å². The number of pyridine rings is 1. The summed E-state index contributed by atoms with van der Waals surface area (Å²) in [6.07, 6.45) is -0.186. The van der Waals surface area contributed by atoms with Gasteiger partial charge in [-0.15, -0.1) is 13.2 Å². The highest BCUT2D eigenvalue weighted by atomic mass is 35.5. The Morgan fingerprint density at radius 3 is 2.32 bits per heavy atom. The molecule has 2 aliphatic heterocycles. The third-order valence-electron chi connectivity index (χ3n) is 10.3. The lowest BCUT2D eigenvalue weighted by Crippen LogP contribution is -2.56. The van der Waals surface area contributed by atoms with Crippen molar-refractivity contribution in [3.63, 3.8) is 0 Å². The molecule has 14 nitrogen and oxygen atoms in total. The maximum absolute atomic E-state index is 13.7. The van der Waals surface area contributed by atoms with E-state index >= 15 is 0 Å². The van der Waals surface area contributed by atoms with Crippen molar-refractivity contribution < 1.29 is 41.8 Å². The fourth-order valence-electron chi connectivity index (χ4n) is 7.23. The smallest absolute Gasteiger partial charge is 0.453 e. The number of aromatic nitrogens is 3. The first-order chi connectivity index (χ1) is 28.3. The average molecular weight is 871 g/mol. The number of aromatic amines is 1. The largest absolute Gasteiger partial charge is 0.573 e. The molecule has 4 heterocycles. The van der Waals surface area contributed by atoms with Crippen LogP contribution in [-0.4, -0.2) is 112 Å². The zero-order valence-corrected chi connectivity index (χ0v) is 35.4. The first-order valence-electron chi connectivity index (χ1n) is 19.1. The van der Waals surface area contributed by atoms with Crippen LogP contribution in [-0.2, 0) is 14.3 Å². The molecule has 4 amide bonds. The molecule has 60 heavy (non-hydrogen) atoms. The summed E-state index contributed by atoms with van der Waals surface area (Å²) in [6, 6.07) is 11.8. The number of rotatable bonds is 10. The minimum atomic E-state index is -5.06. The van der Waals surface area contributed by atoms with Gasteiger partial charge in [-0.05, 0) is 48.9 Å². The average Bonchev–Trinajstić information content (AvgIpc) is 3.88. The van der Waals surface area contributed by atoms with Crippen molar-refractivity contribution in [2.75, 3.05) is 56.3 Å². The van der Waals surface area contributed by atoms with Crippen LogP contribution in [0.5, 0.6) is 5.75 Å². The molecule has 0 spiro atoms. The number of nitrogens with zero attached hydrogens (tertiary/aromatic N) is 5. The number of nitrogens with one attached hydrogen (secondary N) is 3. The van der Waals surface area contributed by atoms with Crippen LogP contribution in [0.1, 0.15) is 56.3 Å². The first-order valence-corrected chi connectivity index (χ1v) is 20.7. The van der Waals surface area contributed by atoms with Gasteiger partial charge in [-0.2, -0.15) is 11.8 Å². The van der Waals surface area contributed by atoms with Crippen molar-refractivity contribution in [2.45, 2.75) is 57.8 Å². The molecule has 0 aliphatic carbocycles. The van der Waals surface area contributed by atoms with Gasteiger partial charge >= 0.3 is 12.5 Å². The predicted molar refractivity (Wildman–Crippen MR) is 223 cm³/mol. The molecular weight excluding hydrogens is 825 g/mol. The lowest BCUT2D eigenvalue weighted by Gasteiger charge is -2.42. The van der Waals surface area contributed by atoms with E-state index in [0.717, 1.165) is 6.07 Å². The Labute approximate surface area is 354 Å². The zero-order valence-electron chi connectivity index (χ0n) is 33.9. The summed E-state index contributed by atoms with van der Waals surface area (Å²) in [6.45, 7) is 9.50. The number of hydrogen-bond acceptors (Lipinski definition) is 10. The van der Waals surface area contributed by atoms with E-state index in [2.05, 4.69) is 35.1 Å². The quantitative estimate of drug-likeness (QED) is 0.147. The molecule has 2 aromatic heterocycles. The molecule has 3 N–H and O–H groups in total. The van der Waals surface area contributed by atoms with Crippen LogP contribution in [0.15, 0.2) is 60.9 Å². The molecule has 2 fully saturated rings. The fourth-order valence-corrected chi connectivity index (χ4v) is 8.13. The molecule has 2 saturated heterocycles. The highest BCUT2D eigenvalue weighted by molar-refractivity contribution is 7.99. The third kappa shape index (κ3) is 10.3. The Kier molecular flexibility index (Phi) is 13.2. The number of piperazine rings is 1. The van der Waals surface area contributed by atoms with Crippen molar-refractivity contribution in [3.8, 4) is 28.1 Å². The summed E-state index contributed by atoms with van der Waals surface area (Å²) in [5.74, 6) is -0.278. The van der Waals surface area contributed by atoms with Crippen molar-refractivity contribution in [1.82, 2.24) is 30.1 Å². The van der Waals surface area contributed by atoms with Crippen molar-refractivity contribution in [1.29, 1.82) is 0 Å². The van der Waals surface area contributed by atoms with Gasteiger partial charge in [0.1, 0.15) is 23.9 Å². The summed E-state index contributed by atoms with van der Waals surface area (Å²) >= 11 is 8.20. The number of alkyl halides is 3. The first kappa shape index (κ1) is 44.1. The number of imidazole rings is 1. The van der Waals surface area contributed by atoms with E-state index in [1.54, 1.807) is 59.3 Å². The van der Waals surface area contributed by atoms with Gasteiger partial charge < -0.3 is 39.8 Å². The number of halogens is 4. The SMILES string of the molecule is COC(=O)NCC(=O)N1C[C@@H](SC)C[C@H]1c1ncc(-c2ccc(-c3cc(Cl)c(NC(=O)c4ccc(N5CCN(C(=O)C(C)(C)C)C[C@H]5C)nc4)cc3OC(F)(F)F)cc2)[nH]1. The lowest BCUT2D eigenvalue weighted by molar-refractivity contribution is -0.274. The number of H-pyrrole nitrogens is 1. The van der Waals surface area contributed by atoms with E-state index in [1.165, 1.54) is 19.4 Å². The van der Waals surface area contributed by atoms with E-state index in [0.29, 0.717) is 61.1 Å². The molecule has 19 heteroatoms. The van der Waals surface area contributed by atoms with E-state index in [1.807, 2.05) is 43.8 Å². The standard InChI is InChI=1S/C41H46ClF3N8O6S/c1-23-21-51(38(56)40(2,3)4)13-14-52(23)34-12-11-26(18-46-34)37(55)50-30-17-33(59-41(43,44)45)28(16-29(30)42)24-7-9-25(10-8-24)31-19-47-36(49-31)32-15-27(60-6)22-53(32)35(54)20-48-39(57)58-5/h7-12,16-19,23,27,32H,13-15,20-22H2,1-6H3,(H,47,49)(H,48,57)(H,50,55)/t23-,27+,32+/m1/s1. The summed E-state index contributed by atoms with van der Waals surface area (Å²) in [5.41, 5.74) is 1.21. The highest BCUT2D eigenvalue weighted by Gasteiger charge is 2.38. The number of likely N-dealkylation sites (tertiary alicyclic amines) is 1. The second kappa shape index (κ2) is 18.0. The van der Waals surface area contributed by atoms with Crippen molar-refractivity contribution >= 4 is 58.7 Å². The molecule has 0 saturated carbocycles. The van der Waals surface area contributed by atoms with Crippen LogP contribution in [0, 0.1) is 5.41 Å². The molecule has 4 aromatic rings. The zero-order chi connectivity index (χ0) is 43.5. The van der Waals surface area contributed by atoms with E-state index in [-0.39, 0.29) is 57.5 Å². The third-order valence-corrected chi connectivity index (χ3v) is 11.6. The second-order valence-electron chi connectivity index (χ2n) is 15.5. The van der Waals surface area contributed by atoms with Crippen LogP contribution in [0.25, 0.3) is 22.4 Å². The van der Waals surface area contributed by atoms with Gasteiger partial charge in [-0.25, -0.2) is 14.8 Å². The van der Waals surface area contributed by atoms with Crippen molar-refractivity contribution in [2.24, 2.45) is 5.41 Å². The van der Waals surface area contributed by atoms with Crippen LogP contribution < -0.4 is 20.3 Å². The molecular formula is C41H46ClF3N8O6S. The summed E-state index contributed by atoms with van der Waals surface area (Å²) in [5, 5.41) is 5.13. The molecule has 6 rings (SSSR count). The van der Waals surface area contributed by atoms with Crippen LogP contribution >= 0.6 is 23.4 Å². The minimum Gasteiger partial charge on any atom is -0.453 e. The van der Waals surface area contributed by atoms with Crippen molar-refractivity contribution in [3.05, 3.63) is 77.3 Å². The number of thioether (sulfide) groups is 1. The Bertz CT molecular complexity index is 2220. The second-order valence-corrected chi connectivity index (χ2v) is 17.1. The molecule has 0 bridgehead atoms.